The molecule has 1 aromatic heterocycles. The largest absolute Gasteiger partial charge is 0.465 e. The number of para-hydroxylation sites is 1. The number of allylic oxidation sites excluding steroid dienone is 2. The maximum Gasteiger partial charge on any atom is 0.270 e. The predicted molar refractivity (Wildman–Crippen MR) is 90.5 cm³/mol. The average Bonchev–Trinajstić information content (AvgIpc) is 3.04. The van der Waals surface area contributed by atoms with Crippen LogP contribution in [0.4, 0.5) is 5.69 Å². The molecule has 2 amide bonds. The van der Waals surface area contributed by atoms with Gasteiger partial charge in [-0.25, -0.2) is 0 Å². The van der Waals surface area contributed by atoms with E-state index in [9.17, 15) is 9.59 Å². The minimum atomic E-state index is -0.517. The number of carbonyl (C=O) groups excluding carboxylic acids is 2. The molecule has 0 radical (unpaired) electrons. The Morgan fingerprint density at radius 2 is 1.87 bits per heavy atom. The van der Waals surface area contributed by atoms with Gasteiger partial charge in [0, 0.05) is 0 Å². The number of anilines is 1. The molecule has 0 bridgehead atoms. The molecule has 5 nitrogen and oxygen atoms in total. The topological polar surface area (TPSA) is 62.6 Å². The molecular formula is C17H12N2O3S. The van der Waals surface area contributed by atoms with Gasteiger partial charge in [0.05, 0.1) is 12.0 Å². The van der Waals surface area contributed by atoms with E-state index in [2.05, 4.69) is 5.32 Å². The van der Waals surface area contributed by atoms with Crippen LogP contribution < -0.4 is 10.2 Å². The second kappa shape index (κ2) is 6.41. The Morgan fingerprint density at radius 1 is 1.09 bits per heavy atom. The number of hydrogen-bond donors (Lipinski definition) is 1. The molecule has 0 spiro atoms. The highest BCUT2D eigenvalue weighted by Crippen LogP contribution is 2.20. The molecule has 1 saturated heterocycles. The quantitative estimate of drug-likeness (QED) is 0.536. The van der Waals surface area contributed by atoms with Gasteiger partial charge in [-0.2, -0.15) is 0 Å². The van der Waals surface area contributed by atoms with E-state index in [0.717, 1.165) is 0 Å². The Morgan fingerprint density at radius 3 is 2.57 bits per heavy atom. The number of benzene rings is 1. The van der Waals surface area contributed by atoms with Crippen LogP contribution in [0.5, 0.6) is 0 Å². The van der Waals surface area contributed by atoms with Crippen molar-refractivity contribution in [3.63, 3.8) is 0 Å². The van der Waals surface area contributed by atoms with Gasteiger partial charge >= 0.3 is 0 Å². The van der Waals surface area contributed by atoms with E-state index in [1.54, 1.807) is 54.8 Å². The zero-order valence-corrected chi connectivity index (χ0v) is 12.7. The summed E-state index contributed by atoms with van der Waals surface area (Å²) in [5.41, 5.74) is 0.605. The monoisotopic (exact) mass is 324 g/mol. The Balaban J connectivity index is 1.89. The maximum absolute atomic E-state index is 12.6. The normalized spacial score (nSPS) is 17.1. The highest BCUT2D eigenvalue weighted by molar-refractivity contribution is 7.80. The summed E-state index contributed by atoms with van der Waals surface area (Å²) in [7, 11) is 0. The van der Waals surface area contributed by atoms with E-state index in [-0.39, 0.29) is 10.7 Å². The Bertz CT molecular complexity index is 808. The lowest BCUT2D eigenvalue weighted by Gasteiger charge is -2.28. The summed E-state index contributed by atoms with van der Waals surface area (Å²) in [5.74, 6) is -0.355. The Labute approximate surface area is 137 Å². The van der Waals surface area contributed by atoms with Gasteiger partial charge in [0.1, 0.15) is 11.3 Å². The molecule has 0 unspecified atom stereocenters. The predicted octanol–water partition coefficient (Wildman–Crippen LogP) is 2.67. The van der Waals surface area contributed by atoms with Crippen molar-refractivity contribution in [2.24, 2.45) is 0 Å². The van der Waals surface area contributed by atoms with Crippen LogP contribution in [0.1, 0.15) is 5.76 Å². The summed E-state index contributed by atoms with van der Waals surface area (Å²) in [5, 5.41) is 2.59. The number of hydrogen-bond acceptors (Lipinski definition) is 4. The summed E-state index contributed by atoms with van der Waals surface area (Å²) in [6, 6.07) is 12.4. The molecule has 1 aliphatic heterocycles. The Hall–Kier alpha value is -2.99. The lowest BCUT2D eigenvalue weighted by Crippen LogP contribution is -2.54. The molecule has 1 aromatic carbocycles. The van der Waals surface area contributed by atoms with Crippen LogP contribution >= 0.6 is 12.2 Å². The second-order valence-electron chi connectivity index (χ2n) is 4.69. The summed E-state index contributed by atoms with van der Waals surface area (Å²) in [6.45, 7) is 0. The minimum absolute atomic E-state index is 0.00487. The number of nitrogens with zero attached hydrogens (tertiary/aromatic N) is 1. The van der Waals surface area contributed by atoms with Crippen molar-refractivity contribution in [1.82, 2.24) is 5.32 Å². The third-order valence-corrected chi connectivity index (χ3v) is 3.47. The summed E-state index contributed by atoms with van der Waals surface area (Å²) < 4.78 is 5.15. The van der Waals surface area contributed by atoms with Crippen molar-refractivity contribution in [2.75, 3.05) is 4.90 Å². The van der Waals surface area contributed by atoms with Crippen LogP contribution in [0.3, 0.4) is 0 Å². The van der Waals surface area contributed by atoms with Crippen LogP contribution in [0.25, 0.3) is 6.08 Å². The SMILES string of the molecule is O=C1NC(=S)N(c2ccccc2)C(=O)/C1=C/C=C/c1ccco1. The fourth-order valence-electron chi connectivity index (χ4n) is 2.11. The molecule has 1 aliphatic rings. The first-order valence-electron chi connectivity index (χ1n) is 6.83. The van der Waals surface area contributed by atoms with Gasteiger partial charge in [-0.05, 0) is 48.6 Å². The van der Waals surface area contributed by atoms with Crippen molar-refractivity contribution in [3.8, 4) is 0 Å². The summed E-state index contributed by atoms with van der Waals surface area (Å²) in [6.07, 6.45) is 6.23. The first-order valence-corrected chi connectivity index (χ1v) is 7.24. The van der Waals surface area contributed by atoms with Gasteiger partial charge < -0.3 is 4.42 Å². The smallest absolute Gasteiger partial charge is 0.270 e. The van der Waals surface area contributed by atoms with E-state index >= 15 is 0 Å². The standard InChI is InChI=1S/C17H12N2O3S/c20-15-14(10-4-8-13-9-5-11-22-13)16(21)19(17(23)18-15)12-6-2-1-3-7-12/h1-11H,(H,18,20,23)/b8-4+,14-10+. The summed E-state index contributed by atoms with van der Waals surface area (Å²) >= 11 is 5.11. The molecule has 0 atom stereocenters. The van der Waals surface area contributed by atoms with E-state index in [1.807, 2.05) is 6.07 Å². The fourth-order valence-corrected chi connectivity index (χ4v) is 2.40. The van der Waals surface area contributed by atoms with Crippen LogP contribution in [-0.2, 0) is 9.59 Å². The van der Waals surface area contributed by atoms with Gasteiger partial charge in [0.25, 0.3) is 11.8 Å². The second-order valence-corrected chi connectivity index (χ2v) is 5.08. The zero-order chi connectivity index (χ0) is 16.2. The first-order chi connectivity index (χ1) is 11.2. The lowest BCUT2D eigenvalue weighted by molar-refractivity contribution is -0.122. The van der Waals surface area contributed by atoms with Gasteiger partial charge in [-0.3, -0.25) is 19.8 Å². The first kappa shape index (κ1) is 14.9. The molecule has 0 saturated carbocycles. The number of carbonyl (C=O) groups is 2. The molecule has 6 heteroatoms. The molecule has 23 heavy (non-hydrogen) atoms. The van der Waals surface area contributed by atoms with Gasteiger partial charge in [0.2, 0.25) is 0 Å². The van der Waals surface area contributed by atoms with Crippen molar-refractivity contribution in [3.05, 3.63) is 72.2 Å². The fraction of sp³-hybridized carbons (Fsp3) is 0. The lowest BCUT2D eigenvalue weighted by atomic mass is 10.1. The zero-order valence-electron chi connectivity index (χ0n) is 11.9. The van der Waals surface area contributed by atoms with Gasteiger partial charge in [-0.1, -0.05) is 24.3 Å². The molecule has 2 aromatic rings. The Kier molecular flexibility index (Phi) is 4.16. The van der Waals surface area contributed by atoms with Crippen molar-refractivity contribution >= 4 is 40.9 Å². The van der Waals surface area contributed by atoms with Gasteiger partial charge in [-0.15, -0.1) is 0 Å². The van der Waals surface area contributed by atoms with E-state index in [4.69, 9.17) is 16.6 Å². The minimum Gasteiger partial charge on any atom is -0.465 e. The maximum atomic E-state index is 12.6. The molecule has 0 aliphatic carbocycles. The van der Waals surface area contributed by atoms with Crippen molar-refractivity contribution in [2.45, 2.75) is 0 Å². The van der Waals surface area contributed by atoms with E-state index < -0.39 is 11.8 Å². The summed E-state index contributed by atoms with van der Waals surface area (Å²) in [4.78, 5) is 25.9. The highest BCUT2D eigenvalue weighted by atomic mass is 32.1. The average molecular weight is 324 g/mol. The highest BCUT2D eigenvalue weighted by Gasteiger charge is 2.33. The number of nitrogens with one attached hydrogen (secondary N) is 1. The molecule has 1 N–H and O–H groups in total. The van der Waals surface area contributed by atoms with E-state index in [1.165, 1.54) is 11.0 Å². The third-order valence-electron chi connectivity index (χ3n) is 3.18. The molecule has 2 heterocycles. The van der Waals surface area contributed by atoms with Crippen molar-refractivity contribution in [1.29, 1.82) is 0 Å². The van der Waals surface area contributed by atoms with Crippen molar-refractivity contribution < 1.29 is 14.0 Å². The van der Waals surface area contributed by atoms with Crippen LogP contribution in [-0.4, -0.2) is 16.9 Å². The molecule has 114 valence electrons. The number of amides is 2. The molecular weight excluding hydrogens is 312 g/mol. The number of furan rings is 1. The number of rotatable bonds is 3. The van der Waals surface area contributed by atoms with Crippen LogP contribution in [0.2, 0.25) is 0 Å². The third kappa shape index (κ3) is 3.12. The van der Waals surface area contributed by atoms with Crippen LogP contribution in [0.15, 0.2) is 70.9 Å². The molecule has 3 rings (SSSR count). The van der Waals surface area contributed by atoms with E-state index in [0.29, 0.717) is 11.4 Å². The van der Waals surface area contributed by atoms with Crippen LogP contribution in [0, 0.1) is 0 Å². The number of thiocarbonyl (C=S) groups is 1. The molecule has 1 fully saturated rings. The van der Waals surface area contributed by atoms with Gasteiger partial charge in [0.15, 0.2) is 5.11 Å².